The summed E-state index contributed by atoms with van der Waals surface area (Å²) < 4.78 is 4.90. The van der Waals surface area contributed by atoms with Crippen molar-refractivity contribution in [2.75, 3.05) is 26.0 Å². The number of carbonyl (C=O) groups is 2. The number of hydrogen-bond donors (Lipinski definition) is 1. The van der Waals surface area contributed by atoms with Crippen LogP contribution in [0, 0.1) is 17.0 Å². The molecule has 1 aromatic heterocycles. The number of amides is 1. The highest BCUT2D eigenvalue weighted by Gasteiger charge is 2.28. The van der Waals surface area contributed by atoms with Crippen LogP contribution in [0.15, 0.2) is 18.2 Å². The largest absolute Gasteiger partial charge is 0.465 e. The molecule has 0 atom stereocenters. The fraction of sp³-hybridized carbons (Fsp3) is 0.333. The molecule has 0 saturated heterocycles. The molecule has 1 aromatic carbocycles. The van der Waals surface area contributed by atoms with E-state index in [0.717, 1.165) is 17.0 Å². The Bertz CT molecular complexity index is 937. The van der Waals surface area contributed by atoms with Crippen LogP contribution in [-0.4, -0.2) is 42.4 Å². The third-order valence-electron chi connectivity index (χ3n) is 4.53. The van der Waals surface area contributed by atoms with Crippen LogP contribution in [0.3, 0.4) is 0 Å². The van der Waals surface area contributed by atoms with E-state index in [1.54, 1.807) is 6.92 Å². The number of nitrogens with zero attached hydrogens (tertiary/aromatic N) is 2. The smallest absolute Gasteiger partial charge is 0.341 e. The fourth-order valence-electron chi connectivity index (χ4n) is 3.06. The maximum Gasteiger partial charge on any atom is 0.341 e. The van der Waals surface area contributed by atoms with Crippen molar-refractivity contribution in [3.63, 3.8) is 0 Å². The zero-order valence-corrected chi connectivity index (χ0v) is 16.0. The molecule has 0 spiro atoms. The summed E-state index contributed by atoms with van der Waals surface area (Å²) in [7, 11) is 3.29. The monoisotopic (exact) mass is 389 g/mol. The molecule has 0 radical (unpaired) electrons. The summed E-state index contributed by atoms with van der Waals surface area (Å²) in [5.74, 6) is -1.00. The number of aryl methyl sites for hydroxylation is 1. The fourth-order valence-corrected chi connectivity index (χ4v) is 4.37. The number of hydrogen-bond acceptors (Lipinski definition) is 7. The van der Waals surface area contributed by atoms with Crippen LogP contribution >= 0.6 is 11.3 Å². The van der Waals surface area contributed by atoms with Gasteiger partial charge in [-0.05, 0) is 32.0 Å². The molecule has 9 heteroatoms. The van der Waals surface area contributed by atoms with E-state index in [0.29, 0.717) is 29.1 Å². The van der Waals surface area contributed by atoms with Crippen molar-refractivity contribution in [3.05, 3.63) is 55.4 Å². The van der Waals surface area contributed by atoms with Gasteiger partial charge < -0.3 is 15.0 Å². The molecule has 0 aliphatic carbocycles. The topological polar surface area (TPSA) is 102 Å². The van der Waals surface area contributed by atoms with E-state index in [4.69, 9.17) is 4.74 Å². The Labute approximate surface area is 159 Å². The number of nitrogens with one attached hydrogen (secondary N) is 1. The lowest BCUT2D eigenvalue weighted by atomic mass is 10.0. The number of nitro groups is 1. The van der Waals surface area contributed by atoms with E-state index in [9.17, 15) is 19.7 Å². The first-order valence-electron chi connectivity index (χ1n) is 8.29. The minimum Gasteiger partial charge on any atom is -0.465 e. The summed E-state index contributed by atoms with van der Waals surface area (Å²) >= 11 is 1.34. The first kappa shape index (κ1) is 19.0. The van der Waals surface area contributed by atoms with Crippen LogP contribution in [0.5, 0.6) is 0 Å². The van der Waals surface area contributed by atoms with Crippen LogP contribution in [-0.2, 0) is 17.7 Å². The molecule has 2 heterocycles. The summed E-state index contributed by atoms with van der Waals surface area (Å²) in [6.07, 6.45) is 0.693. The molecule has 1 amide bonds. The van der Waals surface area contributed by atoms with Crippen LogP contribution < -0.4 is 5.32 Å². The highest BCUT2D eigenvalue weighted by molar-refractivity contribution is 7.17. The molecule has 1 N–H and O–H groups in total. The summed E-state index contributed by atoms with van der Waals surface area (Å²) in [4.78, 5) is 38.7. The number of thiophene rings is 1. The number of anilines is 1. The highest BCUT2D eigenvalue weighted by Crippen LogP contribution is 2.37. The van der Waals surface area contributed by atoms with E-state index in [-0.39, 0.29) is 11.3 Å². The molecule has 27 heavy (non-hydrogen) atoms. The molecule has 142 valence electrons. The van der Waals surface area contributed by atoms with Gasteiger partial charge in [-0.3, -0.25) is 14.9 Å². The van der Waals surface area contributed by atoms with Crippen LogP contribution in [0.4, 0.5) is 10.7 Å². The van der Waals surface area contributed by atoms with Crippen molar-refractivity contribution in [2.45, 2.75) is 19.9 Å². The van der Waals surface area contributed by atoms with Gasteiger partial charge in [0.15, 0.2) is 0 Å². The lowest BCUT2D eigenvalue weighted by Crippen LogP contribution is -2.26. The van der Waals surface area contributed by atoms with Crippen LogP contribution in [0.25, 0.3) is 0 Å². The number of ether oxygens (including phenoxy) is 1. The molecule has 1 aliphatic heterocycles. The number of fused-ring (bicyclic) bond motifs is 1. The van der Waals surface area contributed by atoms with E-state index in [1.807, 2.05) is 7.05 Å². The Balaban J connectivity index is 1.96. The molecule has 0 fully saturated rings. The van der Waals surface area contributed by atoms with Crippen molar-refractivity contribution in [1.29, 1.82) is 0 Å². The Hall–Kier alpha value is -2.78. The van der Waals surface area contributed by atoms with Gasteiger partial charge in [-0.1, -0.05) is 6.07 Å². The zero-order chi connectivity index (χ0) is 19.7. The van der Waals surface area contributed by atoms with Gasteiger partial charge in [0.05, 0.1) is 17.6 Å². The predicted octanol–water partition coefficient (Wildman–Crippen LogP) is 2.99. The number of carbonyl (C=O) groups excluding carboxylic acids is 2. The molecular weight excluding hydrogens is 370 g/mol. The molecule has 0 unspecified atom stereocenters. The number of rotatable bonds is 4. The molecular formula is C18H19N3O5S. The third-order valence-corrected chi connectivity index (χ3v) is 5.66. The van der Waals surface area contributed by atoms with Gasteiger partial charge in [-0.15, -0.1) is 11.3 Å². The van der Waals surface area contributed by atoms with E-state index >= 15 is 0 Å². The standard InChI is InChI=1S/C18H19N3O5S/c1-10-4-5-11(8-13(10)21(24)25)16(22)19-17-15(18(23)26-3)12-6-7-20(2)9-14(12)27-17/h4-5,8H,6-7,9H2,1-3H3,(H,19,22). The summed E-state index contributed by atoms with van der Waals surface area (Å²) in [5.41, 5.74) is 1.78. The van der Waals surface area contributed by atoms with Crippen molar-refractivity contribution < 1.29 is 19.2 Å². The second kappa shape index (κ2) is 7.45. The lowest BCUT2D eigenvalue weighted by Gasteiger charge is -2.22. The molecule has 0 saturated carbocycles. The maximum atomic E-state index is 12.7. The normalized spacial score (nSPS) is 13.7. The Morgan fingerprint density at radius 3 is 2.78 bits per heavy atom. The average molecular weight is 389 g/mol. The second-order valence-corrected chi connectivity index (χ2v) is 7.50. The summed E-state index contributed by atoms with van der Waals surface area (Å²) in [5, 5.41) is 14.3. The molecule has 1 aliphatic rings. The van der Waals surface area contributed by atoms with Crippen LogP contribution in [0.1, 0.15) is 36.7 Å². The maximum absolute atomic E-state index is 12.7. The van der Waals surface area contributed by atoms with Crippen molar-refractivity contribution >= 4 is 33.9 Å². The van der Waals surface area contributed by atoms with E-state index in [2.05, 4.69) is 10.2 Å². The predicted molar refractivity (Wildman–Crippen MR) is 101 cm³/mol. The van der Waals surface area contributed by atoms with Gasteiger partial charge in [0.2, 0.25) is 0 Å². The van der Waals surface area contributed by atoms with Gasteiger partial charge >= 0.3 is 5.97 Å². The first-order chi connectivity index (χ1) is 12.8. The van der Waals surface area contributed by atoms with Gasteiger partial charge in [0.25, 0.3) is 11.6 Å². The SMILES string of the molecule is COC(=O)c1c(NC(=O)c2ccc(C)c([N+](=O)[O-])c2)sc2c1CCN(C)C2. The quantitative estimate of drug-likeness (QED) is 0.490. The minimum atomic E-state index is -0.522. The highest BCUT2D eigenvalue weighted by atomic mass is 32.1. The molecule has 0 bridgehead atoms. The minimum absolute atomic E-state index is 0.122. The molecule has 3 rings (SSSR count). The summed E-state index contributed by atoms with van der Waals surface area (Å²) in [6, 6.07) is 4.29. The van der Waals surface area contributed by atoms with Crippen molar-refractivity contribution in [1.82, 2.24) is 4.90 Å². The Morgan fingerprint density at radius 1 is 1.37 bits per heavy atom. The Kier molecular flexibility index (Phi) is 5.24. The number of likely N-dealkylation sites (N-methyl/N-ethyl adjacent to an activating group) is 1. The average Bonchev–Trinajstić information content (AvgIpc) is 2.97. The van der Waals surface area contributed by atoms with Gasteiger partial charge in [0.1, 0.15) is 5.00 Å². The van der Waals surface area contributed by atoms with Crippen LogP contribution in [0.2, 0.25) is 0 Å². The van der Waals surface area contributed by atoms with Crippen molar-refractivity contribution in [3.8, 4) is 0 Å². The van der Waals surface area contributed by atoms with Gasteiger partial charge in [-0.25, -0.2) is 4.79 Å². The van der Waals surface area contributed by atoms with Crippen molar-refractivity contribution in [2.24, 2.45) is 0 Å². The van der Waals surface area contributed by atoms with Gasteiger partial charge in [0, 0.05) is 35.2 Å². The third kappa shape index (κ3) is 3.69. The zero-order valence-electron chi connectivity index (χ0n) is 15.2. The first-order valence-corrected chi connectivity index (χ1v) is 9.11. The number of esters is 1. The molecule has 2 aromatic rings. The van der Waals surface area contributed by atoms with E-state index < -0.39 is 16.8 Å². The summed E-state index contributed by atoms with van der Waals surface area (Å²) in [6.45, 7) is 3.11. The van der Waals surface area contributed by atoms with Gasteiger partial charge in [-0.2, -0.15) is 0 Å². The number of benzene rings is 1. The number of nitro benzene ring substituents is 1. The second-order valence-electron chi connectivity index (χ2n) is 6.40. The van der Waals surface area contributed by atoms with E-state index in [1.165, 1.54) is 36.6 Å². The molecule has 8 nitrogen and oxygen atoms in total. The number of methoxy groups -OCH3 is 1. The lowest BCUT2D eigenvalue weighted by molar-refractivity contribution is -0.385. The Morgan fingerprint density at radius 2 is 2.11 bits per heavy atom.